The summed E-state index contributed by atoms with van der Waals surface area (Å²) in [5.41, 5.74) is 3.86. The van der Waals surface area contributed by atoms with Gasteiger partial charge in [0.15, 0.2) is 0 Å². The van der Waals surface area contributed by atoms with Gasteiger partial charge in [-0.1, -0.05) is 0 Å². The number of hydrogen-bond donors (Lipinski definition) is 2. The van der Waals surface area contributed by atoms with Crippen molar-refractivity contribution >= 4 is 22.5 Å². The third kappa shape index (κ3) is 2.23. The molecule has 27 heavy (non-hydrogen) atoms. The molecule has 0 bridgehead atoms. The summed E-state index contributed by atoms with van der Waals surface area (Å²) in [6.07, 6.45) is 5.68. The monoisotopic (exact) mass is 362 g/mol. The van der Waals surface area contributed by atoms with Gasteiger partial charge < -0.3 is 19.8 Å². The minimum absolute atomic E-state index is 0.402. The van der Waals surface area contributed by atoms with Crippen LogP contribution in [0, 0.1) is 11.8 Å². The number of nitrogens with zero attached hydrogens (tertiary/aromatic N) is 4. The molecule has 0 unspecified atom stereocenters. The van der Waals surface area contributed by atoms with Crippen molar-refractivity contribution in [3.63, 3.8) is 0 Å². The minimum Gasteiger partial charge on any atom is -0.480 e. The summed E-state index contributed by atoms with van der Waals surface area (Å²) >= 11 is 0. The van der Waals surface area contributed by atoms with E-state index in [1.165, 1.54) is 0 Å². The summed E-state index contributed by atoms with van der Waals surface area (Å²) in [5.74, 6) is 2.32. The largest absolute Gasteiger partial charge is 0.480 e. The molecule has 2 N–H and O–H groups in total. The Hall–Kier alpha value is -3.13. The van der Waals surface area contributed by atoms with Gasteiger partial charge in [-0.3, -0.25) is 0 Å². The van der Waals surface area contributed by atoms with E-state index in [2.05, 4.69) is 31.4 Å². The highest BCUT2D eigenvalue weighted by Gasteiger charge is 2.54. The predicted octanol–water partition coefficient (Wildman–Crippen LogP) is 2.34. The smallest absolute Gasteiger partial charge is 0.228 e. The van der Waals surface area contributed by atoms with Crippen LogP contribution in [0.5, 0.6) is 5.88 Å². The number of methoxy groups -OCH3 is 1. The van der Waals surface area contributed by atoms with E-state index in [9.17, 15) is 0 Å². The quantitative estimate of drug-likeness (QED) is 0.579. The Morgan fingerprint density at radius 1 is 1.26 bits per heavy atom. The molecule has 3 atom stereocenters. The van der Waals surface area contributed by atoms with Gasteiger partial charge in [-0.25, -0.2) is 4.52 Å². The Morgan fingerprint density at radius 2 is 2.15 bits per heavy atom. The van der Waals surface area contributed by atoms with Gasteiger partial charge in [0.25, 0.3) is 0 Å². The molecule has 6 rings (SSSR count). The third-order valence-electron chi connectivity index (χ3n) is 5.65. The zero-order chi connectivity index (χ0) is 18.0. The molecule has 136 valence electrons. The van der Waals surface area contributed by atoms with E-state index in [4.69, 9.17) is 9.47 Å². The van der Waals surface area contributed by atoms with Gasteiger partial charge in [0.05, 0.1) is 31.2 Å². The molecule has 2 aliphatic rings. The highest BCUT2D eigenvalue weighted by molar-refractivity contribution is 5.98. The van der Waals surface area contributed by atoms with Crippen LogP contribution in [0.4, 0.5) is 5.95 Å². The van der Waals surface area contributed by atoms with Crippen molar-refractivity contribution < 1.29 is 9.47 Å². The summed E-state index contributed by atoms with van der Waals surface area (Å²) in [6, 6.07) is 6.50. The lowest BCUT2D eigenvalue weighted by atomic mass is 10.1. The van der Waals surface area contributed by atoms with E-state index >= 15 is 0 Å². The molecule has 5 heterocycles. The fraction of sp³-hybridized carbons (Fsp3) is 0.316. The van der Waals surface area contributed by atoms with Crippen LogP contribution in [0.1, 0.15) is 0 Å². The van der Waals surface area contributed by atoms with Crippen molar-refractivity contribution in [1.29, 1.82) is 0 Å². The van der Waals surface area contributed by atoms with Crippen LogP contribution in [0.3, 0.4) is 0 Å². The number of ether oxygens (including phenoxy) is 2. The number of nitrogens with one attached hydrogen (secondary N) is 2. The lowest BCUT2D eigenvalue weighted by Crippen LogP contribution is -2.14. The van der Waals surface area contributed by atoms with Gasteiger partial charge >= 0.3 is 0 Å². The zero-order valence-electron chi connectivity index (χ0n) is 14.7. The second kappa shape index (κ2) is 5.43. The highest BCUT2D eigenvalue weighted by Crippen LogP contribution is 2.46. The van der Waals surface area contributed by atoms with E-state index in [0.29, 0.717) is 29.7 Å². The van der Waals surface area contributed by atoms with Crippen LogP contribution < -0.4 is 10.1 Å². The first-order chi connectivity index (χ1) is 13.3. The molecule has 2 fully saturated rings. The summed E-state index contributed by atoms with van der Waals surface area (Å²) in [4.78, 5) is 12.6. The summed E-state index contributed by atoms with van der Waals surface area (Å²) in [6.45, 7) is 1.65. The number of rotatable bonds is 4. The molecule has 8 nitrogen and oxygen atoms in total. The van der Waals surface area contributed by atoms with Crippen molar-refractivity contribution in [3.05, 3.63) is 36.8 Å². The first-order valence-electron chi connectivity index (χ1n) is 9.03. The van der Waals surface area contributed by atoms with Crippen LogP contribution in [0.15, 0.2) is 36.8 Å². The Bertz CT molecular complexity index is 1160. The SMILES string of the molecule is COc1nc(N[C@@H]2[C@@H]3COC[C@@H]32)nc2[nH]cc(-c3ccn4nccc4c3)c12. The molecule has 0 aromatic carbocycles. The number of aromatic nitrogens is 5. The molecule has 1 aliphatic carbocycles. The van der Waals surface area contributed by atoms with Crippen molar-refractivity contribution in [3.8, 4) is 17.0 Å². The second-order valence-corrected chi connectivity index (χ2v) is 7.13. The third-order valence-corrected chi connectivity index (χ3v) is 5.65. The molecule has 1 aliphatic heterocycles. The number of pyridine rings is 1. The Labute approximate surface area is 154 Å². The van der Waals surface area contributed by atoms with Crippen molar-refractivity contribution in [1.82, 2.24) is 24.6 Å². The average molecular weight is 362 g/mol. The molecule has 1 saturated heterocycles. The summed E-state index contributed by atoms with van der Waals surface area (Å²) < 4.78 is 12.9. The van der Waals surface area contributed by atoms with Gasteiger partial charge in [0, 0.05) is 42.0 Å². The molecule has 4 aromatic heterocycles. The molecule has 1 saturated carbocycles. The normalized spacial score (nSPS) is 23.7. The molecular weight excluding hydrogens is 344 g/mol. The number of hydrogen-bond acceptors (Lipinski definition) is 6. The van der Waals surface area contributed by atoms with E-state index < -0.39 is 0 Å². The van der Waals surface area contributed by atoms with Gasteiger partial charge in [-0.2, -0.15) is 15.1 Å². The van der Waals surface area contributed by atoms with Gasteiger partial charge in [-0.15, -0.1) is 0 Å². The van der Waals surface area contributed by atoms with Crippen LogP contribution in [0.25, 0.3) is 27.7 Å². The first kappa shape index (κ1) is 15.0. The lowest BCUT2D eigenvalue weighted by Gasteiger charge is -2.10. The van der Waals surface area contributed by atoms with Crippen molar-refractivity contribution in [2.45, 2.75) is 6.04 Å². The lowest BCUT2D eigenvalue weighted by molar-refractivity contribution is 0.162. The summed E-state index contributed by atoms with van der Waals surface area (Å²) in [5, 5.41) is 8.57. The number of anilines is 1. The maximum atomic E-state index is 5.60. The van der Waals surface area contributed by atoms with E-state index in [1.54, 1.807) is 13.3 Å². The van der Waals surface area contributed by atoms with Crippen LogP contribution >= 0.6 is 0 Å². The standard InChI is InChI=1S/C19H18N6O2/c1-26-18-15-12(10-3-5-25-11(6-10)2-4-21-25)7-20-17(15)23-19(24-18)22-16-13-8-27-9-14(13)16/h2-7,13-14,16H,8-9H2,1H3,(H2,20,22,23,24)/t13-,14+,16-. The molecule has 4 aromatic rings. The van der Waals surface area contributed by atoms with Crippen LogP contribution in [-0.4, -0.2) is 50.9 Å². The van der Waals surface area contributed by atoms with E-state index in [-0.39, 0.29) is 0 Å². The Morgan fingerprint density at radius 3 is 3.00 bits per heavy atom. The van der Waals surface area contributed by atoms with E-state index in [0.717, 1.165) is 40.9 Å². The Balaban J connectivity index is 1.41. The molecule has 0 spiro atoms. The maximum absolute atomic E-state index is 5.60. The first-order valence-corrected chi connectivity index (χ1v) is 9.03. The minimum atomic E-state index is 0.402. The summed E-state index contributed by atoms with van der Waals surface area (Å²) in [7, 11) is 1.64. The van der Waals surface area contributed by atoms with Gasteiger partial charge in [0.2, 0.25) is 11.8 Å². The average Bonchev–Trinajstić information content (AvgIpc) is 3.20. The van der Waals surface area contributed by atoms with Crippen LogP contribution in [-0.2, 0) is 4.74 Å². The van der Waals surface area contributed by atoms with E-state index in [1.807, 2.05) is 29.0 Å². The molecule has 0 amide bonds. The predicted molar refractivity (Wildman–Crippen MR) is 99.8 cm³/mol. The highest BCUT2D eigenvalue weighted by atomic mass is 16.5. The molecule has 0 radical (unpaired) electrons. The van der Waals surface area contributed by atoms with Crippen LogP contribution in [0.2, 0.25) is 0 Å². The molecule has 8 heteroatoms. The second-order valence-electron chi connectivity index (χ2n) is 7.13. The fourth-order valence-corrected chi connectivity index (χ4v) is 4.13. The zero-order valence-corrected chi connectivity index (χ0v) is 14.7. The molecular formula is C19H18N6O2. The fourth-order valence-electron chi connectivity index (χ4n) is 4.13. The number of aromatic amines is 1. The maximum Gasteiger partial charge on any atom is 0.228 e. The van der Waals surface area contributed by atoms with Gasteiger partial charge in [0.1, 0.15) is 5.65 Å². The topological polar surface area (TPSA) is 89.4 Å². The Kier molecular flexibility index (Phi) is 3.01. The van der Waals surface area contributed by atoms with Crippen molar-refractivity contribution in [2.75, 3.05) is 25.6 Å². The number of fused-ring (bicyclic) bond motifs is 3. The number of H-pyrrole nitrogens is 1. The van der Waals surface area contributed by atoms with Crippen molar-refractivity contribution in [2.24, 2.45) is 11.8 Å². The van der Waals surface area contributed by atoms with Gasteiger partial charge in [-0.05, 0) is 23.8 Å².